The van der Waals surface area contributed by atoms with Crippen molar-refractivity contribution in [1.82, 2.24) is 24.1 Å². The van der Waals surface area contributed by atoms with Crippen LogP contribution in [0.15, 0.2) is 237 Å². The monoisotopic (exact) mass is 865 g/mol. The van der Waals surface area contributed by atoms with E-state index in [1.54, 1.807) is 0 Å². The van der Waals surface area contributed by atoms with Gasteiger partial charge < -0.3 is 9.13 Å². The minimum absolute atomic E-state index is 0.604. The molecular weight excluding hydrogens is 827 g/mol. The quantitative estimate of drug-likeness (QED) is 0.167. The van der Waals surface area contributed by atoms with Gasteiger partial charge in [0.05, 0.1) is 27.8 Å². The van der Waals surface area contributed by atoms with E-state index in [0.717, 1.165) is 77.4 Å². The predicted molar refractivity (Wildman–Crippen MR) is 283 cm³/mol. The maximum absolute atomic E-state index is 5.56. The first-order chi connectivity index (χ1) is 33.7. The summed E-state index contributed by atoms with van der Waals surface area (Å²) in [7, 11) is 0. The first kappa shape index (κ1) is 38.1. The number of nitrogens with zero attached hydrogens (tertiary/aromatic N) is 5. The van der Waals surface area contributed by atoms with Crippen molar-refractivity contribution in [2.45, 2.75) is 0 Å². The number of aromatic nitrogens is 5. The maximum Gasteiger partial charge on any atom is 0.166 e. The largest absolute Gasteiger partial charge is 0.309 e. The second kappa shape index (κ2) is 15.2. The summed E-state index contributed by atoms with van der Waals surface area (Å²) in [5.74, 6) is 1.82. The molecule has 68 heavy (non-hydrogen) atoms. The van der Waals surface area contributed by atoms with Gasteiger partial charge in [-0.05, 0) is 93.3 Å². The molecule has 0 aliphatic rings. The number of hydrogen-bond donors (Lipinski definition) is 0. The lowest BCUT2D eigenvalue weighted by Gasteiger charge is -2.18. The van der Waals surface area contributed by atoms with Crippen molar-refractivity contribution >= 4 is 75.9 Å². The van der Waals surface area contributed by atoms with Gasteiger partial charge in [0.2, 0.25) is 0 Å². The Morgan fingerprint density at radius 3 is 1.44 bits per heavy atom. The molecule has 316 valence electrons. The zero-order chi connectivity index (χ0) is 44.7. The van der Waals surface area contributed by atoms with E-state index in [4.69, 9.17) is 15.0 Å². The molecule has 0 aliphatic carbocycles. The molecule has 0 saturated heterocycles. The van der Waals surface area contributed by atoms with E-state index in [2.05, 4.69) is 228 Å². The fourth-order valence-electron chi connectivity index (χ4n) is 10.7. The normalized spacial score (nSPS) is 11.8. The molecule has 3 heterocycles. The fourth-order valence-corrected chi connectivity index (χ4v) is 10.7. The van der Waals surface area contributed by atoms with Gasteiger partial charge in [-0.1, -0.05) is 176 Å². The van der Waals surface area contributed by atoms with Gasteiger partial charge in [-0.2, -0.15) is 0 Å². The molecule has 14 aromatic rings. The smallest absolute Gasteiger partial charge is 0.166 e. The molecule has 0 atom stereocenters. The first-order valence-corrected chi connectivity index (χ1v) is 23.1. The highest BCUT2D eigenvalue weighted by molar-refractivity contribution is 6.19. The van der Waals surface area contributed by atoms with Gasteiger partial charge in [0.15, 0.2) is 17.5 Å². The lowest BCUT2D eigenvalue weighted by Crippen LogP contribution is -2.03. The molecule has 3 aromatic heterocycles. The van der Waals surface area contributed by atoms with Crippen molar-refractivity contribution in [3.63, 3.8) is 0 Å². The molecule has 14 rings (SSSR count). The summed E-state index contributed by atoms with van der Waals surface area (Å²) >= 11 is 0. The molecule has 0 spiro atoms. The summed E-state index contributed by atoms with van der Waals surface area (Å²) in [4.78, 5) is 16.3. The van der Waals surface area contributed by atoms with E-state index in [-0.39, 0.29) is 0 Å². The van der Waals surface area contributed by atoms with Crippen molar-refractivity contribution in [3.05, 3.63) is 237 Å². The predicted octanol–water partition coefficient (Wildman–Crippen LogP) is 16.2. The van der Waals surface area contributed by atoms with Crippen LogP contribution in [-0.4, -0.2) is 24.1 Å². The maximum atomic E-state index is 5.56. The second-order valence-corrected chi connectivity index (χ2v) is 17.6. The van der Waals surface area contributed by atoms with Crippen LogP contribution in [-0.2, 0) is 0 Å². The van der Waals surface area contributed by atoms with Crippen LogP contribution in [0.1, 0.15) is 0 Å². The minimum atomic E-state index is 0.604. The molecular formula is C63H39N5. The van der Waals surface area contributed by atoms with Crippen LogP contribution >= 0.6 is 0 Å². The van der Waals surface area contributed by atoms with Crippen LogP contribution < -0.4 is 0 Å². The van der Waals surface area contributed by atoms with E-state index in [1.807, 2.05) is 18.2 Å². The van der Waals surface area contributed by atoms with Gasteiger partial charge in [0.1, 0.15) is 0 Å². The Hall–Kier alpha value is -9.19. The van der Waals surface area contributed by atoms with Gasteiger partial charge in [-0.25, -0.2) is 15.0 Å². The van der Waals surface area contributed by atoms with Crippen molar-refractivity contribution in [3.8, 4) is 56.7 Å². The summed E-state index contributed by atoms with van der Waals surface area (Å²) in [6.45, 7) is 0. The first-order valence-electron chi connectivity index (χ1n) is 23.1. The third kappa shape index (κ3) is 5.93. The Morgan fingerprint density at radius 1 is 0.279 bits per heavy atom. The molecule has 0 N–H and O–H groups in total. The van der Waals surface area contributed by atoms with Crippen LogP contribution in [0.3, 0.4) is 0 Å². The lowest BCUT2D eigenvalue weighted by molar-refractivity contribution is 1.07. The molecule has 0 saturated carbocycles. The highest BCUT2D eigenvalue weighted by Crippen LogP contribution is 2.44. The minimum Gasteiger partial charge on any atom is -0.309 e. The van der Waals surface area contributed by atoms with Crippen molar-refractivity contribution in [2.24, 2.45) is 0 Å². The van der Waals surface area contributed by atoms with Gasteiger partial charge in [-0.15, -0.1) is 0 Å². The highest BCUT2D eigenvalue weighted by atomic mass is 15.1. The van der Waals surface area contributed by atoms with Crippen molar-refractivity contribution < 1.29 is 0 Å². The van der Waals surface area contributed by atoms with Crippen LogP contribution in [0, 0.1) is 0 Å². The summed E-state index contributed by atoms with van der Waals surface area (Å²) in [5.41, 5.74) is 11.6. The van der Waals surface area contributed by atoms with Crippen LogP contribution in [0.2, 0.25) is 0 Å². The standard InChI is InChI=1S/C63H39N5/c1-4-18-40(19-5-1)47-29-16-31-50-56(68-57-38-44-24-12-10-22-42(44)36-53(57)54-37-43-23-11-13-25-45(43)39-58(54)68)35-34-51(59(47)50)62-64-61(41-20-6-2-7-21-41)65-63(66-62)52-32-17-30-49-48-28-14-15-33-55(48)67(60(49)52)46-26-8-3-9-27-46/h1-39H. The van der Waals surface area contributed by atoms with E-state index in [9.17, 15) is 0 Å². The Kier molecular flexibility index (Phi) is 8.52. The van der Waals surface area contributed by atoms with E-state index in [0.29, 0.717) is 17.5 Å². The second-order valence-electron chi connectivity index (χ2n) is 17.6. The molecule has 0 amide bonds. The molecule has 0 bridgehead atoms. The van der Waals surface area contributed by atoms with E-state index in [1.165, 1.54) is 37.7 Å². The molecule has 0 unspecified atom stereocenters. The Morgan fingerprint density at radius 2 is 0.779 bits per heavy atom. The van der Waals surface area contributed by atoms with Gasteiger partial charge >= 0.3 is 0 Å². The van der Waals surface area contributed by atoms with Gasteiger partial charge in [0, 0.05) is 54.7 Å². The number of benzene rings is 11. The van der Waals surface area contributed by atoms with Crippen molar-refractivity contribution in [1.29, 1.82) is 0 Å². The zero-order valence-electron chi connectivity index (χ0n) is 36.8. The number of hydrogen-bond acceptors (Lipinski definition) is 3. The molecule has 0 radical (unpaired) electrons. The number of rotatable bonds is 6. The number of para-hydroxylation sites is 3. The third-order valence-electron chi connectivity index (χ3n) is 13.7. The molecule has 0 aliphatic heterocycles. The van der Waals surface area contributed by atoms with Crippen molar-refractivity contribution in [2.75, 3.05) is 0 Å². The van der Waals surface area contributed by atoms with Crippen LogP contribution in [0.4, 0.5) is 0 Å². The summed E-state index contributed by atoms with van der Waals surface area (Å²) < 4.78 is 4.82. The average molecular weight is 866 g/mol. The molecule has 5 heteroatoms. The Balaban J connectivity index is 1.09. The van der Waals surface area contributed by atoms with Crippen LogP contribution in [0.25, 0.3) is 133 Å². The summed E-state index contributed by atoms with van der Waals surface area (Å²) in [6, 6.07) is 84.6. The average Bonchev–Trinajstić information content (AvgIpc) is 3.91. The fraction of sp³-hybridized carbons (Fsp3) is 0. The zero-order valence-corrected chi connectivity index (χ0v) is 36.8. The summed E-state index contributed by atoms with van der Waals surface area (Å²) in [5, 5.41) is 11.8. The van der Waals surface area contributed by atoms with E-state index < -0.39 is 0 Å². The molecule has 0 fully saturated rings. The molecule has 5 nitrogen and oxygen atoms in total. The summed E-state index contributed by atoms with van der Waals surface area (Å²) in [6.07, 6.45) is 0. The number of fused-ring (bicyclic) bond motifs is 9. The van der Waals surface area contributed by atoms with Gasteiger partial charge in [-0.3, -0.25) is 0 Å². The lowest BCUT2D eigenvalue weighted by atomic mass is 9.93. The molecule has 11 aromatic carbocycles. The van der Waals surface area contributed by atoms with E-state index >= 15 is 0 Å². The van der Waals surface area contributed by atoms with Gasteiger partial charge in [0.25, 0.3) is 0 Å². The Labute approximate surface area is 391 Å². The highest BCUT2D eigenvalue weighted by Gasteiger charge is 2.24. The SMILES string of the molecule is c1ccc(-c2nc(-c3ccc(-n4c5cc6ccccc6cc5c5cc6ccccc6cc54)c4cccc(-c5ccccc5)c34)nc(-c3cccc4c5ccccc5n(-c5ccccc5)c34)n2)cc1. The topological polar surface area (TPSA) is 48.5 Å². The Bertz CT molecular complexity index is 4210. The van der Waals surface area contributed by atoms with Crippen LogP contribution in [0.5, 0.6) is 0 Å². The third-order valence-corrected chi connectivity index (χ3v) is 13.7.